The summed E-state index contributed by atoms with van der Waals surface area (Å²) in [6.07, 6.45) is 0. The molecular weight excluding hydrogens is 297 g/mol. The van der Waals surface area contributed by atoms with Crippen LogP contribution in [0.2, 0.25) is 0 Å². The summed E-state index contributed by atoms with van der Waals surface area (Å²) in [5.74, 6) is 5.15. The second kappa shape index (κ2) is 4.48. The first-order valence-corrected chi connectivity index (χ1v) is 6.39. The van der Waals surface area contributed by atoms with Crippen LogP contribution in [0.5, 0.6) is 0 Å². The summed E-state index contributed by atoms with van der Waals surface area (Å²) in [6, 6.07) is 5.06. The molecule has 0 spiro atoms. The maximum absolute atomic E-state index is 14.0. The Morgan fingerprint density at radius 1 is 1.28 bits per heavy atom. The molecule has 0 aliphatic carbocycles. The van der Waals surface area contributed by atoms with E-state index in [-0.39, 0.29) is 11.2 Å². The van der Waals surface area contributed by atoms with Crippen LogP contribution in [0.3, 0.4) is 0 Å². The Hall–Kier alpha value is -1.20. The third-order valence-electron chi connectivity index (χ3n) is 2.76. The van der Waals surface area contributed by atoms with Gasteiger partial charge < -0.3 is 5.43 Å². The number of hydrazine groups is 1. The van der Waals surface area contributed by atoms with Gasteiger partial charge in [-0.05, 0) is 18.2 Å². The lowest BCUT2D eigenvalue weighted by Crippen LogP contribution is -2.16. The Kier molecular flexibility index (Phi) is 3.29. The Balaban J connectivity index is 2.84. The highest BCUT2D eigenvalue weighted by Crippen LogP contribution is 2.31. The monoisotopic (exact) mass is 311 g/mol. The molecule has 3 nitrogen and oxygen atoms in total. The number of hydrogen-bond acceptors (Lipinski definition) is 3. The van der Waals surface area contributed by atoms with E-state index in [0.29, 0.717) is 21.1 Å². The van der Waals surface area contributed by atoms with E-state index < -0.39 is 0 Å². The number of pyridine rings is 1. The van der Waals surface area contributed by atoms with Crippen molar-refractivity contribution >= 4 is 32.5 Å². The highest BCUT2D eigenvalue weighted by Gasteiger charge is 2.19. The van der Waals surface area contributed by atoms with Crippen molar-refractivity contribution in [3.63, 3.8) is 0 Å². The molecule has 5 heteroatoms. The third-order valence-corrected chi connectivity index (χ3v) is 3.21. The van der Waals surface area contributed by atoms with Crippen LogP contribution in [-0.2, 0) is 5.41 Å². The molecule has 0 unspecified atom stereocenters. The highest BCUT2D eigenvalue weighted by molar-refractivity contribution is 9.10. The lowest BCUT2D eigenvalue weighted by atomic mass is 9.91. The summed E-state index contributed by atoms with van der Waals surface area (Å²) >= 11 is 3.27. The molecule has 0 amide bonds. The van der Waals surface area contributed by atoms with E-state index in [9.17, 15) is 4.39 Å². The maximum atomic E-state index is 14.0. The lowest BCUT2D eigenvalue weighted by Gasteiger charge is -2.20. The quantitative estimate of drug-likeness (QED) is 0.623. The van der Waals surface area contributed by atoms with Crippen LogP contribution in [-0.4, -0.2) is 4.98 Å². The van der Waals surface area contributed by atoms with Crippen LogP contribution >= 0.6 is 15.9 Å². The number of nitrogen functional groups attached to an aromatic ring is 1. The Morgan fingerprint density at radius 2 is 1.94 bits per heavy atom. The first-order chi connectivity index (χ1) is 8.32. The van der Waals surface area contributed by atoms with Crippen LogP contribution in [0, 0.1) is 5.82 Å². The van der Waals surface area contributed by atoms with Crippen LogP contribution in [0.4, 0.5) is 10.1 Å². The zero-order chi connectivity index (χ0) is 13.5. The molecule has 2 aromatic rings. The van der Waals surface area contributed by atoms with Crippen molar-refractivity contribution in [1.82, 2.24) is 4.98 Å². The number of halogens is 2. The zero-order valence-corrected chi connectivity index (χ0v) is 12.1. The number of nitrogens with one attached hydrogen (secondary N) is 1. The maximum Gasteiger partial charge on any atom is 0.150 e. The molecule has 18 heavy (non-hydrogen) atoms. The molecule has 0 aliphatic heterocycles. The average molecular weight is 312 g/mol. The van der Waals surface area contributed by atoms with E-state index in [0.717, 1.165) is 5.69 Å². The zero-order valence-electron chi connectivity index (χ0n) is 10.5. The van der Waals surface area contributed by atoms with Crippen molar-refractivity contribution < 1.29 is 4.39 Å². The van der Waals surface area contributed by atoms with Gasteiger partial charge in [0, 0.05) is 21.0 Å². The fraction of sp³-hybridized carbons (Fsp3) is 0.308. The molecule has 1 heterocycles. The second-order valence-electron chi connectivity index (χ2n) is 5.23. The van der Waals surface area contributed by atoms with Crippen LogP contribution in [0.15, 0.2) is 22.7 Å². The number of anilines is 1. The fourth-order valence-corrected chi connectivity index (χ4v) is 2.19. The van der Waals surface area contributed by atoms with Gasteiger partial charge in [-0.3, -0.25) is 5.84 Å². The normalized spacial score (nSPS) is 11.9. The Labute approximate surface area is 114 Å². The summed E-state index contributed by atoms with van der Waals surface area (Å²) in [7, 11) is 0. The van der Waals surface area contributed by atoms with E-state index in [2.05, 4.69) is 26.3 Å². The van der Waals surface area contributed by atoms with E-state index in [1.54, 1.807) is 6.07 Å². The van der Waals surface area contributed by atoms with Gasteiger partial charge in [0.05, 0.1) is 5.69 Å². The molecule has 96 valence electrons. The fourth-order valence-electron chi connectivity index (χ4n) is 1.76. The predicted octanol–water partition coefficient (Wildman–Crippen LogP) is 3.72. The average Bonchev–Trinajstić information content (AvgIpc) is 2.26. The summed E-state index contributed by atoms with van der Waals surface area (Å²) < 4.78 is 14.6. The molecule has 0 aliphatic rings. The number of nitrogens with two attached hydrogens (primary N) is 1. The number of hydrogen-bond donors (Lipinski definition) is 2. The minimum absolute atomic E-state index is 0.167. The minimum atomic E-state index is -0.359. The van der Waals surface area contributed by atoms with Gasteiger partial charge >= 0.3 is 0 Å². The number of rotatable bonds is 1. The summed E-state index contributed by atoms with van der Waals surface area (Å²) in [4.78, 5) is 4.40. The first kappa shape index (κ1) is 13.2. The molecule has 0 bridgehead atoms. The lowest BCUT2D eigenvalue weighted by molar-refractivity contribution is 0.569. The van der Waals surface area contributed by atoms with Crippen molar-refractivity contribution in [2.75, 3.05) is 5.43 Å². The molecule has 0 atom stereocenters. The second-order valence-corrected chi connectivity index (χ2v) is 6.15. The van der Waals surface area contributed by atoms with Gasteiger partial charge in [-0.2, -0.15) is 0 Å². The Morgan fingerprint density at radius 3 is 2.50 bits per heavy atom. The smallest absolute Gasteiger partial charge is 0.150 e. The molecule has 3 N–H and O–H groups in total. The predicted molar refractivity (Wildman–Crippen MR) is 75.9 cm³/mol. The molecular formula is C13H15BrFN3. The van der Waals surface area contributed by atoms with Crippen molar-refractivity contribution in [2.45, 2.75) is 26.2 Å². The minimum Gasteiger partial charge on any atom is -0.323 e. The highest BCUT2D eigenvalue weighted by atomic mass is 79.9. The molecule has 0 saturated heterocycles. The number of nitrogens with zero attached hydrogens (tertiary/aromatic N) is 1. The first-order valence-electron chi connectivity index (χ1n) is 5.60. The third kappa shape index (κ3) is 2.33. The number of fused-ring (bicyclic) bond motifs is 1. The van der Waals surface area contributed by atoms with E-state index in [4.69, 9.17) is 5.84 Å². The summed E-state index contributed by atoms with van der Waals surface area (Å²) in [6.45, 7) is 6.08. The molecule has 2 rings (SSSR count). The largest absolute Gasteiger partial charge is 0.323 e. The van der Waals surface area contributed by atoms with E-state index in [1.165, 1.54) is 6.07 Å². The van der Waals surface area contributed by atoms with Crippen molar-refractivity contribution in [3.8, 4) is 0 Å². The molecule has 1 aromatic carbocycles. The molecule has 0 radical (unpaired) electrons. The Bertz CT molecular complexity index is 605. The van der Waals surface area contributed by atoms with Gasteiger partial charge in [0.25, 0.3) is 0 Å². The molecule has 1 aromatic heterocycles. The van der Waals surface area contributed by atoms with Gasteiger partial charge in [-0.15, -0.1) is 0 Å². The van der Waals surface area contributed by atoms with Gasteiger partial charge in [0.15, 0.2) is 5.82 Å². The molecule has 0 saturated carbocycles. The van der Waals surface area contributed by atoms with Crippen LogP contribution in [0.25, 0.3) is 10.9 Å². The number of aromatic nitrogens is 1. The SMILES string of the molecule is CC(C)(C)c1cc(NN)c2cc(Br)cc(F)c2n1. The van der Waals surface area contributed by atoms with Crippen molar-refractivity contribution in [1.29, 1.82) is 0 Å². The van der Waals surface area contributed by atoms with Gasteiger partial charge in [-0.1, -0.05) is 36.7 Å². The van der Waals surface area contributed by atoms with Gasteiger partial charge in [0.2, 0.25) is 0 Å². The van der Waals surface area contributed by atoms with Crippen molar-refractivity contribution in [2.24, 2.45) is 5.84 Å². The van der Waals surface area contributed by atoms with Crippen LogP contribution in [0.1, 0.15) is 26.5 Å². The van der Waals surface area contributed by atoms with Crippen molar-refractivity contribution in [3.05, 3.63) is 34.2 Å². The van der Waals surface area contributed by atoms with Gasteiger partial charge in [0.1, 0.15) is 5.52 Å². The van der Waals surface area contributed by atoms with E-state index in [1.807, 2.05) is 26.8 Å². The summed E-state index contributed by atoms with van der Waals surface area (Å²) in [5.41, 5.74) is 4.24. The topological polar surface area (TPSA) is 50.9 Å². The summed E-state index contributed by atoms with van der Waals surface area (Å²) in [5, 5.41) is 0.664. The van der Waals surface area contributed by atoms with Crippen LogP contribution < -0.4 is 11.3 Å². The molecule has 0 fully saturated rings. The number of benzene rings is 1. The van der Waals surface area contributed by atoms with E-state index >= 15 is 0 Å². The van der Waals surface area contributed by atoms with Gasteiger partial charge in [-0.25, -0.2) is 9.37 Å². The standard InChI is InChI=1S/C13H15BrFN3/c1-13(2,3)11-6-10(18-16)8-4-7(14)5-9(15)12(8)17-11/h4-6H,16H2,1-3H3,(H,17,18).